The van der Waals surface area contributed by atoms with Crippen LogP contribution in [0, 0.1) is 0 Å². The number of carbonyl (C=O) groups is 3. The number of rotatable bonds is 4. The van der Waals surface area contributed by atoms with Crippen LogP contribution in [0.1, 0.15) is 53.6 Å². The highest BCUT2D eigenvalue weighted by molar-refractivity contribution is 6.15. The van der Waals surface area contributed by atoms with Gasteiger partial charge in [-0.3, -0.25) is 14.5 Å². The molecule has 0 bridgehead atoms. The zero-order chi connectivity index (χ0) is 23.2. The van der Waals surface area contributed by atoms with Crippen molar-refractivity contribution in [2.24, 2.45) is 0 Å². The minimum absolute atomic E-state index is 0.0803. The Bertz CT molecular complexity index is 1120. The second-order valence-electron chi connectivity index (χ2n) is 8.76. The minimum atomic E-state index is -1.26. The molecule has 1 atom stereocenters. The summed E-state index contributed by atoms with van der Waals surface area (Å²) in [5.74, 6) is -0.404. The number of fused-ring (bicyclic) bond motifs is 2. The first kappa shape index (κ1) is 21.3. The smallest absolute Gasteiger partial charge is 0.359 e. The Morgan fingerprint density at radius 3 is 2.64 bits per heavy atom. The van der Waals surface area contributed by atoms with Crippen LogP contribution in [0.3, 0.4) is 0 Å². The van der Waals surface area contributed by atoms with Gasteiger partial charge in [0.25, 0.3) is 5.91 Å². The van der Waals surface area contributed by atoms with Gasteiger partial charge >= 0.3 is 5.97 Å². The predicted molar refractivity (Wildman–Crippen MR) is 117 cm³/mol. The van der Waals surface area contributed by atoms with E-state index in [-0.39, 0.29) is 29.9 Å². The SMILES string of the molecule is COC(=O)c1ncn2c1C(=O)N(c1ccc3c(c1)OCCO3)[C@](C)(C(=O)NC1CCCC1)C2. The molecular formula is C23H26N4O6. The van der Waals surface area contributed by atoms with E-state index in [1.54, 1.807) is 29.7 Å². The highest BCUT2D eigenvalue weighted by Crippen LogP contribution is 2.39. The van der Waals surface area contributed by atoms with Crippen LogP contribution >= 0.6 is 0 Å². The fourth-order valence-corrected chi connectivity index (χ4v) is 4.86. The molecule has 33 heavy (non-hydrogen) atoms. The third kappa shape index (κ3) is 3.49. The first-order valence-corrected chi connectivity index (χ1v) is 11.1. The molecule has 10 heteroatoms. The van der Waals surface area contributed by atoms with Gasteiger partial charge in [-0.1, -0.05) is 12.8 Å². The molecule has 10 nitrogen and oxygen atoms in total. The summed E-state index contributed by atoms with van der Waals surface area (Å²) < 4.78 is 17.7. The molecule has 1 aromatic carbocycles. The van der Waals surface area contributed by atoms with E-state index in [1.807, 2.05) is 0 Å². The fourth-order valence-electron chi connectivity index (χ4n) is 4.86. The Morgan fingerprint density at radius 1 is 1.18 bits per heavy atom. The van der Waals surface area contributed by atoms with Crippen LogP contribution in [0.5, 0.6) is 11.5 Å². The fraction of sp³-hybridized carbons (Fsp3) is 0.478. The second-order valence-corrected chi connectivity index (χ2v) is 8.76. The van der Waals surface area contributed by atoms with Crippen molar-refractivity contribution in [2.45, 2.75) is 50.7 Å². The number of esters is 1. The molecule has 1 saturated carbocycles. The average molecular weight is 454 g/mol. The molecule has 1 N–H and O–H groups in total. The van der Waals surface area contributed by atoms with E-state index in [9.17, 15) is 14.4 Å². The van der Waals surface area contributed by atoms with Gasteiger partial charge in [0.05, 0.1) is 20.0 Å². The molecular weight excluding hydrogens is 428 g/mol. The molecule has 1 fully saturated rings. The Hall–Kier alpha value is -3.56. The zero-order valence-electron chi connectivity index (χ0n) is 18.6. The van der Waals surface area contributed by atoms with E-state index in [0.717, 1.165) is 25.7 Å². The molecule has 2 aromatic rings. The van der Waals surface area contributed by atoms with Crippen molar-refractivity contribution in [2.75, 3.05) is 25.2 Å². The molecule has 3 heterocycles. The number of hydrogen-bond acceptors (Lipinski definition) is 7. The van der Waals surface area contributed by atoms with Gasteiger partial charge in [0.2, 0.25) is 5.91 Å². The molecule has 3 aliphatic rings. The van der Waals surface area contributed by atoms with Gasteiger partial charge in [-0.15, -0.1) is 0 Å². The highest BCUT2D eigenvalue weighted by atomic mass is 16.6. The van der Waals surface area contributed by atoms with Crippen LogP contribution in [0.2, 0.25) is 0 Å². The molecule has 2 amide bonds. The van der Waals surface area contributed by atoms with Gasteiger partial charge in [0, 0.05) is 17.8 Å². The third-order valence-electron chi connectivity index (χ3n) is 6.56. The molecule has 1 aliphatic carbocycles. The number of methoxy groups -OCH3 is 1. The first-order chi connectivity index (χ1) is 15.9. The maximum absolute atomic E-state index is 13.9. The van der Waals surface area contributed by atoms with Crippen LogP contribution < -0.4 is 19.7 Å². The van der Waals surface area contributed by atoms with E-state index in [0.29, 0.717) is 30.4 Å². The number of ether oxygens (including phenoxy) is 3. The third-order valence-corrected chi connectivity index (χ3v) is 6.56. The standard InChI is InChI=1S/C23H26N4O6/c1-23(22(30)25-14-5-3-4-6-14)12-26-13-24-18(21(29)31-2)19(26)20(28)27(23)15-7-8-16-17(11-15)33-10-9-32-16/h7-8,11,13-14H,3-6,9-10,12H2,1-2H3,(H,25,30)/t23-/m0/s1. The van der Waals surface area contributed by atoms with E-state index in [1.165, 1.54) is 18.3 Å². The summed E-state index contributed by atoms with van der Waals surface area (Å²) in [6.45, 7) is 2.69. The van der Waals surface area contributed by atoms with E-state index < -0.39 is 17.4 Å². The van der Waals surface area contributed by atoms with Crippen LogP contribution in [-0.4, -0.2) is 59.2 Å². The molecule has 2 aliphatic heterocycles. The normalized spacial score (nSPS) is 22.1. The Kier molecular flexibility index (Phi) is 5.22. The van der Waals surface area contributed by atoms with Crippen molar-refractivity contribution in [1.82, 2.24) is 14.9 Å². The number of benzene rings is 1. The second kappa shape index (κ2) is 8.09. The summed E-state index contributed by atoms with van der Waals surface area (Å²) in [6, 6.07) is 5.22. The van der Waals surface area contributed by atoms with Crippen LogP contribution in [0.15, 0.2) is 24.5 Å². The van der Waals surface area contributed by atoms with Crippen molar-refractivity contribution in [3.8, 4) is 11.5 Å². The van der Waals surface area contributed by atoms with E-state index in [4.69, 9.17) is 14.2 Å². The van der Waals surface area contributed by atoms with Crippen molar-refractivity contribution >= 4 is 23.5 Å². The summed E-state index contributed by atoms with van der Waals surface area (Å²) >= 11 is 0. The lowest BCUT2D eigenvalue weighted by Crippen LogP contribution is -2.65. The number of imidazole rings is 1. The topological polar surface area (TPSA) is 112 Å². The number of carbonyl (C=O) groups excluding carboxylic acids is 3. The number of hydrogen-bond donors (Lipinski definition) is 1. The maximum Gasteiger partial charge on any atom is 0.359 e. The van der Waals surface area contributed by atoms with Gasteiger partial charge in [-0.25, -0.2) is 9.78 Å². The molecule has 0 saturated heterocycles. The lowest BCUT2D eigenvalue weighted by atomic mass is 9.92. The lowest BCUT2D eigenvalue weighted by Gasteiger charge is -2.44. The largest absolute Gasteiger partial charge is 0.486 e. The summed E-state index contributed by atoms with van der Waals surface area (Å²) in [4.78, 5) is 45.3. The molecule has 0 unspecified atom stereocenters. The molecule has 5 rings (SSSR count). The number of amides is 2. The molecule has 0 radical (unpaired) electrons. The van der Waals surface area contributed by atoms with Crippen LogP contribution in [-0.2, 0) is 16.1 Å². The number of nitrogens with one attached hydrogen (secondary N) is 1. The van der Waals surface area contributed by atoms with Gasteiger partial charge in [0.15, 0.2) is 17.2 Å². The lowest BCUT2D eigenvalue weighted by molar-refractivity contribution is -0.127. The minimum Gasteiger partial charge on any atom is -0.486 e. The van der Waals surface area contributed by atoms with Crippen LogP contribution in [0.4, 0.5) is 5.69 Å². The summed E-state index contributed by atoms with van der Waals surface area (Å²) in [5, 5.41) is 3.13. The molecule has 1 aromatic heterocycles. The Balaban J connectivity index is 1.60. The summed E-state index contributed by atoms with van der Waals surface area (Å²) in [7, 11) is 1.24. The number of aromatic nitrogens is 2. The van der Waals surface area contributed by atoms with Gasteiger partial charge in [0.1, 0.15) is 24.4 Å². The van der Waals surface area contributed by atoms with Crippen molar-refractivity contribution < 1.29 is 28.6 Å². The average Bonchev–Trinajstić information content (AvgIpc) is 3.48. The number of anilines is 1. The summed E-state index contributed by atoms with van der Waals surface area (Å²) in [5.41, 5.74) is -0.785. The quantitative estimate of drug-likeness (QED) is 0.703. The van der Waals surface area contributed by atoms with Gasteiger partial charge in [-0.2, -0.15) is 0 Å². The summed E-state index contributed by atoms with van der Waals surface area (Å²) in [6.07, 6.45) is 5.38. The van der Waals surface area contributed by atoms with Gasteiger partial charge < -0.3 is 24.1 Å². The maximum atomic E-state index is 13.9. The van der Waals surface area contributed by atoms with E-state index in [2.05, 4.69) is 10.3 Å². The van der Waals surface area contributed by atoms with Crippen LogP contribution in [0.25, 0.3) is 0 Å². The predicted octanol–water partition coefficient (Wildman–Crippen LogP) is 1.92. The zero-order valence-corrected chi connectivity index (χ0v) is 18.6. The molecule has 174 valence electrons. The van der Waals surface area contributed by atoms with Crippen molar-refractivity contribution in [1.29, 1.82) is 0 Å². The molecule has 0 spiro atoms. The monoisotopic (exact) mass is 454 g/mol. The highest BCUT2D eigenvalue weighted by Gasteiger charge is 2.50. The van der Waals surface area contributed by atoms with Gasteiger partial charge in [-0.05, 0) is 31.9 Å². The van der Waals surface area contributed by atoms with Crippen molar-refractivity contribution in [3.63, 3.8) is 0 Å². The first-order valence-electron chi connectivity index (χ1n) is 11.1. The van der Waals surface area contributed by atoms with E-state index >= 15 is 0 Å². The Morgan fingerprint density at radius 2 is 1.91 bits per heavy atom. The number of nitrogens with zero attached hydrogens (tertiary/aromatic N) is 3. The van der Waals surface area contributed by atoms with Crippen molar-refractivity contribution in [3.05, 3.63) is 35.9 Å². The Labute approximate surface area is 190 Å².